The first-order chi connectivity index (χ1) is 9.34. The molecule has 0 bridgehead atoms. The molecule has 0 aliphatic carbocycles. The maximum Gasteiger partial charge on any atom is 0.495 e. The van der Waals surface area contributed by atoms with Crippen molar-refractivity contribution < 1.29 is 14.0 Å². The van der Waals surface area contributed by atoms with E-state index in [4.69, 9.17) is 14.0 Å². The highest BCUT2D eigenvalue weighted by Gasteiger charge is 2.52. The molecule has 0 saturated carbocycles. The summed E-state index contributed by atoms with van der Waals surface area (Å²) in [6.45, 7) is 8.23. The Morgan fingerprint density at radius 2 is 1.75 bits per heavy atom. The smallest absolute Gasteiger partial charge is 0.495 e. The van der Waals surface area contributed by atoms with Crippen LogP contribution in [0.1, 0.15) is 27.7 Å². The fourth-order valence-electron chi connectivity index (χ4n) is 2.45. The number of nitrogens with one attached hydrogen (secondary N) is 1. The number of H-pyrrole nitrogens is 1. The minimum Gasteiger partial charge on any atom is -0.497 e. The van der Waals surface area contributed by atoms with Crippen molar-refractivity contribution in [3.63, 3.8) is 0 Å². The minimum absolute atomic E-state index is 0.344. The molecule has 1 aromatic carbocycles. The second kappa shape index (κ2) is 4.27. The van der Waals surface area contributed by atoms with Crippen molar-refractivity contribution in [3.8, 4) is 5.75 Å². The van der Waals surface area contributed by atoms with Gasteiger partial charge in [0.15, 0.2) is 0 Å². The summed E-state index contributed by atoms with van der Waals surface area (Å²) in [7, 11) is 1.28. The third-order valence-corrected chi connectivity index (χ3v) is 4.42. The molecule has 0 unspecified atom stereocenters. The van der Waals surface area contributed by atoms with Gasteiger partial charge in [0, 0.05) is 17.8 Å². The molecule has 2 heterocycles. The number of aromatic nitrogens is 1. The molecular formula is C15H20BNO3. The fourth-order valence-corrected chi connectivity index (χ4v) is 2.45. The zero-order valence-electron chi connectivity index (χ0n) is 12.6. The summed E-state index contributed by atoms with van der Waals surface area (Å²) < 4.78 is 17.6. The lowest BCUT2D eigenvalue weighted by atomic mass is 9.77. The molecule has 106 valence electrons. The molecule has 4 nitrogen and oxygen atoms in total. The highest BCUT2D eigenvalue weighted by Crippen LogP contribution is 2.37. The van der Waals surface area contributed by atoms with Gasteiger partial charge in [-0.1, -0.05) is 0 Å². The van der Waals surface area contributed by atoms with Crippen molar-refractivity contribution in [1.29, 1.82) is 0 Å². The third-order valence-electron chi connectivity index (χ3n) is 4.42. The largest absolute Gasteiger partial charge is 0.497 e. The number of methoxy groups -OCH3 is 1. The lowest BCUT2D eigenvalue weighted by Gasteiger charge is -2.32. The second-order valence-electron chi connectivity index (χ2n) is 6.24. The van der Waals surface area contributed by atoms with Crippen LogP contribution in [0.25, 0.3) is 10.9 Å². The van der Waals surface area contributed by atoms with Gasteiger partial charge in [-0.2, -0.15) is 0 Å². The minimum atomic E-state index is -0.381. The summed E-state index contributed by atoms with van der Waals surface area (Å²) in [6, 6.07) is 6.00. The Labute approximate surface area is 119 Å². The maximum absolute atomic E-state index is 6.14. The molecule has 0 spiro atoms. The quantitative estimate of drug-likeness (QED) is 0.855. The van der Waals surface area contributed by atoms with Crippen LogP contribution < -0.4 is 10.2 Å². The molecule has 1 aliphatic rings. The zero-order chi connectivity index (χ0) is 14.5. The first-order valence-electron chi connectivity index (χ1n) is 6.85. The molecule has 0 amide bonds. The van der Waals surface area contributed by atoms with Gasteiger partial charge in [0.1, 0.15) is 5.75 Å². The van der Waals surface area contributed by atoms with Gasteiger partial charge in [-0.15, -0.1) is 0 Å². The van der Waals surface area contributed by atoms with Crippen LogP contribution in [0.3, 0.4) is 0 Å². The number of aromatic amines is 1. The summed E-state index contributed by atoms with van der Waals surface area (Å²) in [4.78, 5) is 3.21. The van der Waals surface area contributed by atoms with Gasteiger partial charge in [-0.3, -0.25) is 0 Å². The average Bonchev–Trinajstić information content (AvgIpc) is 2.90. The van der Waals surface area contributed by atoms with Crippen LogP contribution in [0.4, 0.5) is 0 Å². The Hall–Kier alpha value is -1.46. The molecule has 3 rings (SSSR count). The number of rotatable bonds is 2. The standard InChI is InChI=1S/C15H20BNO3/c1-14(2)15(3,4)20-16(19-14)12-8-10(18-5)9-13-11(12)6-7-17-13/h6-9,17H,1-5H3. The third kappa shape index (κ3) is 1.93. The van der Waals surface area contributed by atoms with E-state index in [9.17, 15) is 0 Å². The molecule has 1 fully saturated rings. The van der Waals surface area contributed by atoms with E-state index in [1.54, 1.807) is 7.11 Å². The predicted molar refractivity (Wildman–Crippen MR) is 80.6 cm³/mol. The fraction of sp³-hybridized carbons (Fsp3) is 0.467. The van der Waals surface area contributed by atoms with Gasteiger partial charge >= 0.3 is 7.12 Å². The van der Waals surface area contributed by atoms with Crippen LogP contribution in [0.2, 0.25) is 0 Å². The Morgan fingerprint density at radius 1 is 1.10 bits per heavy atom. The molecule has 0 radical (unpaired) electrons. The van der Waals surface area contributed by atoms with Crippen LogP contribution in [-0.4, -0.2) is 30.4 Å². The van der Waals surface area contributed by atoms with Crippen molar-refractivity contribution in [2.45, 2.75) is 38.9 Å². The van der Waals surface area contributed by atoms with E-state index in [1.165, 1.54) is 0 Å². The monoisotopic (exact) mass is 273 g/mol. The summed E-state index contributed by atoms with van der Waals surface area (Å²) >= 11 is 0. The Kier molecular flexibility index (Phi) is 2.89. The van der Waals surface area contributed by atoms with E-state index in [0.717, 1.165) is 22.1 Å². The van der Waals surface area contributed by atoms with Gasteiger partial charge < -0.3 is 19.0 Å². The van der Waals surface area contributed by atoms with Crippen molar-refractivity contribution in [2.75, 3.05) is 7.11 Å². The average molecular weight is 273 g/mol. The van der Waals surface area contributed by atoms with E-state index in [-0.39, 0.29) is 18.3 Å². The van der Waals surface area contributed by atoms with Crippen LogP contribution in [0.5, 0.6) is 5.75 Å². The number of hydrogen-bond acceptors (Lipinski definition) is 3. The molecule has 1 saturated heterocycles. The molecule has 1 aliphatic heterocycles. The van der Waals surface area contributed by atoms with Gasteiger partial charge in [-0.25, -0.2) is 0 Å². The summed E-state index contributed by atoms with van der Waals surface area (Å²) in [5.41, 5.74) is 1.33. The Morgan fingerprint density at radius 3 is 2.35 bits per heavy atom. The zero-order valence-corrected chi connectivity index (χ0v) is 12.6. The summed E-state index contributed by atoms with van der Waals surface area (Å²) in [6.07, 6.45) is 1.92. The second-order valence-corrected chi connectivity index (χ2v) is 6.24. The number of fused-ring (bicyclic) bond motifs is 1. The van der Waals surface area contributed by atoms with Crippen molar-refractivity contribution >= 4 is 23.5 Å². The lowest BCUT2D eigenvalue weighted by molar-refractivity contribution is 0.00578. The van der Waals surface area contributed by atoms with E-state index >= 15 is 0 Å². The molecule has 20 heavy (non-hydrogen) atoms. The Balaban J connectivity index is 2.09. The number of hydrogen-bond donors (Lipinski definition) is 1. The predicted octanol–water partition coefficient (Wildman–Crippen LogP) is 2.48. The highest BCUT2D eigenvalue weighted by atomic mass is 16.7. The first-order valence-corrected chi connectivity index (χ1v) is 6.85. The van der Waals surface area contributed by atoms with Crippen LogP contribution in [0, 0.1) is 0 Å². The SMILES string of the molecule is COc1cc(B2OC(C)(C)C(C)(C)O2)c2cc[nH]c2c1. The van der Waals surface area contributed by atoms with Gasteiger partial charge in [0.25, 0.3) is 0 Å². The highest BCUT2D eigenvalue weighted by molar-refractivity contribution is 6.65. The maximum atomic E-state index is 6.14. The van der Waals surface area contributed by atoms with Crippen molar-refractivity contribution in [3.05, 3.63) is 24.4 Å². The number of benzene rings is 1. The first kappa shape index (κ1) is 13.5. The molecule has 1 N–H and O–H groups in total. The van der Waals surface area contributed by atoms with Gasteiger partial charge in [-0.05, 0) is 50.7 Å². The van der Waals surface area contributed by atoms with Crippen molar-refractivity contribution in [2.24, 2.45) is 0 Å². The van der Waals surface area contributed by atoms with E-state index in [0.29, 0.717) is 0 Å². The van der Waals surface area contributed by atoms with E-state index in [2.05, 4.69) is 32.7 Å². The van der Waals surface area contributed by atoms with Crippen LogP contribution in [0.15, 0.2) is 24.4 Å². The molecule has 0 atom stereocenters. The summed E-state index contributed by atoms with van der Waals surface area (Å²) in [5, 5.41) is 1.10. The Bertz CT molecular complexity index is 632. The lowest BCUT2D eigenvalue weighted by Crippen LogP contribution is -2.41. The van der Waals surface area contributed by atoms with E-state index in [1.807, 2.05) is 24.4 Å². The van der Waals surface area contributed by atoms with Gasteiger partial charge in [0.05, 0.1) is 18.3 Å². The van der Waals surface area contributed by atoms with Crippen LogP contribution in [-0.2, 0) is 9.31 Å². The topological polar surface area (TPSA) is 43.5 Å². The molecule has 1 aromatic heterocycles. The van der Waals surface area contributed by atoms with Crippen molar-refractivity contribution in [1.82, 2.24) is 4.98 Å². The summed E-state index contributed by atoms with van der Waals surface area (Å²) in [5.74, 6) is 0.796. The molecule has 5 heteroatoms. The van der Waals surface area contributed by atoms with Crippen LogP contribution >= 0.6 is 0 Å². The molecule has 2 aromatic rings. The molecular weight excluding hydrogens is 253 g/mol. The number of ether oxygens (including phenoxy) is 1. The van der Waals surface area contributed by atoms with Gasteiger partial charge in [0.2, 0.25) is 0 Å². The normalized spacial score (nSPS) is 20.6. The van der Waals surface area contributed by atoms with E-state index < -0.39 is 0 Å².